The Morgan fingerprint density at radius 2 is 1.72 bits per heavy atom. The van der Waals surface area contributed by atoms with Crippen molar-refractivity contribution in [3.8, 4) is 5.75 Å². The van der Waals surface area contributed by atoms with Gasteiger partial charge < -0.3 is 10.1 Å². The topological polar surface area (TPSA) is 84.5 Å². The number of rotatable bonds is 7. The molecule has 3 aromatic carbocycles. The van der Waals surface area contributed by atoms with Crippen molar-refractivity contribution in [2.75, 3.05) is 12.4 Å². The van der Waals surface area contributed by atoms with E-state index in [2.05, 4.69) is 10.0 Å². The quantitative estimate of drug-likeness (QED) is 0.622. The molecule has 0 aliphatic rings. The molecule has 0 spiro atoms. The number of carbonyl (C=O) groups is 1. The number of nitrogens with one attached hydrogen (secondary N) is 2. The van der Waals surface area contributed by atoms with E-state index in [9.17, 15) is 13.2 Å². The average molecular weight is 410 g/mol. The van der Waals surface area contributed by atoms with E-state index >= 15 is 0 Å². The molecule has 0 heterocycles. The van der Waals surface area contributed by atoms with Crippen molar-refractivity contribution in [1.29, 1.82) is 0 Å². The van der Waals surface area contributed by atoms with Crippen molar-refractivity contribution in [2.24, 2.45) is 0 Å². The molecule has 0 aromatic heterocycles. The number of aryl methyl sites for hydroxylation is 1. The summed E-state index contributed by atoms with van der Waals surface area (Å²) in [5, 5.41) is 2.78. The molecular weight excluding hydrogens is 388 g/mol. The lowest BCUT2D eigenvalue weighted by molar-refractivity contribution is 0.102. The minimum absolute atomic E-state index is 0.0900. The Hall–Kier alpha value is -3.16. The number of anilines is 1. The molecule has 29 heavy (non-hydrogen) atoms. The zero-order valence-electron chi connectivity index (χ0n) is 16.2. The Balaban J connectivity index is 1.85. The number of hydrogen-bond donors (Lipinski definition) is 2. The summed E-state index contributed by atoms with van der Waals surface area (Å²) in [6, 6.07) is 20.9. The van der Waals surface area contributed by atoms with E-state index in [0.717, 1.165) is 11.1 Å². The molecule has 0 aliphatic carbocycles. The first kappa shape index (κ1) is 20.6. The number of ether oxygens (including phenoxy) is 1. The van der Waals surface area contributed by atoms with Crippen LogP contribution in [0.3, 0.4) is 0 Å². The van der Waals surface area contributed by atoms with Crippen LogP contribution in [0.1, 0.15) is 21.5 Å². The maximum absolute atomic E-state index is 12.8. The summed E-state index contributed by atoms with van der Waals surface area (Å²) >= 11 is 0. The van der Waals surface area contributed by atoms with E-state index in [-0.39, 0.29) is 22.8 Å². The predicted molar refractivity (Wildman–Crippen MR) is 113 cm³/mol. The molecule has 0 radical (unpaired) electrons. The number of carbonyl (C=O) groups excluding carboxylic acids is 1. The first-order valence-electron chi connectivity index (χ1n) is 8.99. The molecule has 7 heteroatoms. The van der Waals surface area contributed by atoms with E-state index in [4.69, 9.17) is 4.74 Å². The van der Waals surface area contributed by atoms with E-state index in [0.29, 0.717) is 5.69 Å². The van der Waals surface area contributed by atoms with E-state index in [1.807, 2.05) is 55.5 Å². The highest BCUT2D eigenvalue weighted by atomic mass is 32.2. The van der Waals surface area contributed by atoms with Crippen molar-refractivity contribution in [2.45, 2.75) is 18.4 Å². The van der Waals surface area contributed by atoms with Crippen LogP contribution >= 0.6 is 0 Å². The van der Waals surface area contributed by atoms with Gasteiger partial charge in [-0.2, -0.15) is 0 Å². The lowest BCUT2D eigenvalue weighted by Crippen LogP contribution is -2.24. The highest BCUT2D eigenvalue weighted by Crippen LogP contribution is 2.25. The summed E-state index contributed by atoms with van der Waals surface area (Å²) in [7, 11) is -2.50. The second-order valence-corrected chi connectivity index (χ2v) is 8.23. The van der Waals surface area contributed by atoms with Gasteiger partial charge in [0.05, 0.1) is 7.11 Å². The fourth-order valence-electron chi connectivity index (χ4n) is 2.81. The van der Waals surface area contributed by atoms with Gasteiger partial charge in [-0.25, -0.2) is 13.1 Å². The van der Waals surface area contributed by atoms with Gasteiger partial charge in [0.2, 0.25) is 10.0 Å². The average Bonchev–Trinajstić information content (AvgIpc) is 2.72. The summed E-state index contributed by atoms with van der Waals surface area (Å²) in [5.41, 5.74) is 2.68. The summed E-state index contributed by atoms with van der Waals surface area (Å²) in [6.45, 7) is 2.05. The standard InChI is InChI=1S/C22H22N2O4S/c1-16-7-6-10-19(13-16)24-22(25)18-11-12-20(28-2)21(14-18)29(26,27)23-15-17-8-4-3-5-9-17/h3-14,23H,15H2,1-2H3,(H,24,25). The Bertz CT molecular complexity index is 1110. The Labute approximate surface area is 170 Å². The summed E-state index contributed by atoms with van der Waals surface area (Å²) in [5.74, 6) is -0.240. The van der Waals surface area contributed by atoms with Crippen molar-refractivity contribution >= 4 is 21.6 Å². The van der Waals surface area contributed by atoms with E-state index < -0.39 is 15.9 Å². The summed E-state index contributed by atoms with van der Waals surface area (Å²) in [4.78, 5) is 12.5. The number of sulfonamides is 1. The first-order valence-corrected chi connectivity index (χ1v) is 10.5. The summed E-state index contributed by atoms with van der Waals surface area (Å²) in [6.07, 6.45) is 0. The number of benzene rings is 3. The fraction of sp³-hybridized carbons (Fsp3) is 0.136. The minimum Gasteiger partial charge on any atom is -0.495 e. The zero-order chi connectivity index (χ0) is 20.9. The third kappa shape index (κ3) is 5.22. The largest absolute Gasteiger partial charge is 0.495 e. The molecule has 0 saturated carbocycles. The second-order valence-electron chi connectivity index (χ2n) is 6.50. The van der Waals surface area contributed by atoms with Crippen LogP contribution in [0.2, 0.25) is 0 Å². The van der Waals surface area contributed by atoms with Gasteiger partial charge in [0.25, 0.3) is 5.91 Å². The maximum Gasteiger partial charge on any atom is 0.255 e. The molecule has 0 aliphatic heterocycles. The molecule has 0 saturated heterocycles. The van der Waals surface area contributed by atoms with Crippen LogP contribution in [0.15, 0.2) is 77.7 Å². The van der Waals surface area contributed by atoms with Gasteiger partial charge in [0.15, 0.2) is 0 Å². The van der Waals surface area contributed by atoms with Crippen LogP contribution in [0, 0.1) is 6.92 Å². The van der Waals surface area contributed by atoms with Crippen LogP contribution in [0.25, 0.3) is 0 Å². The number of amides is 1. The van der Waals surface area contributed by atoms with Gasteiger partial charge in [-0.1, -0.05) is 42.5 Å². The molecule has 6 nitrogen and oxygen atoms in total. The van der Waals surface area contributed by atoms with Crippen molar-refractivity contribution in [1.82, 2.24) is 4.72 Å². The van der Waals surface area contributed by atoms with Crippen molar-refractivity contribution in [3.05, 3.63) is 89.5 Å². The van der Waals surface area contributed by atoms with Crippen LogP contribution in [-0.4, -0.2) is 21.4 Å². The molecule has 0 fully saturated rings. The van der Waals surface area contributed by atoms with Gasteiger partial charge in [-0.15, -0.1) is 0 Å². The zero-order valence-corrected chi connectivity index (χ0v) is 17.0. The van der Waals surface area contributed by atoms with Gasteiger partial charge >= 0.3 is 0 Å². The fourth-order valence-corrected chi connectivity index (χ4v) is 4.02. The lowest BCUT2D eigenvalue weighted by atomic mass is 10.2. The van der Waals surface area contributed by atoms with Crippen molar-refractivity contribution in [3.63, 3.8) is 0 Å². The normalized spacial score (nSPS) is 11.1. The van der Waals surface area contributed by atoms with Crippen LogP contribution in [-0.2, 0) is 16.6 Å². The predicted octanol–water partition coefficient (Wildman–Crippen LogP) is 3.73. The Morgan fingerprint density at radius 1 is 0.966 bits per heavy atom. The van der Waals surface area contributed by atoms with Gasteiger partial charge in [-0.05, 0) is 48.4 Å². The third-order valence-corrected chi connectivity index (χ3v) is 5.72. The molecule has 0 atom stereocenters. The number of methoxy groups -OCH3 is 1. The molecule has 1 amide bonds. The SMILES string of the molecule is COc1ccc(C(=O)Nc2cccc(C)c2)cc1S(=O)(=O)NCc1ccccc1. The molecule has 3 aromatic rings. The van der Waals surface area contributed by atoms with Gasteiger partial charge in [0, 0.05) is 17.8 Å². The third-order valence-electron chi connectivity index (χ3n) is 4.30. The minimum atomic E-state index is -3.89. The van der Waals surface area contributed by atoms with Gasteiger partial charge in [0.1, 0.15) is 10.6 Å². The highest BCUT2D eigenvalue weighted by Gasteiger charge is 2.21. The molecule has 150 valence electrons. The smallest absolute Gasteiger partial charge is 0.255 e. The van der Waals surface area contributed by atoms with Gasteiger partial charge in [-0.3, -0.25) is 4.79 Å². The molecule has 2 N–H and O–H groups in total. The second kappa shape index (κ2) is 8.89. The molecule has 0 bridgehead atoms. The molecular formula is C22H22N2O4S. The molecule has 3 rings (SSSR count). The van der Waals surface area contributed by atoms with Crippen molar-refractivity contribution < 1.29 is 17.9 Å². The van der Waals surface area contributed by atoms with E-state index in [1.165, 1.54) is 25.3 Å². The van der Waals surface area contributed by atoms with E-state index in [1.54, 1.807) is 6.07 Å². The highest BCUT2D eigenvalue weighted by molar-refractivity contribution is 7.89. The Morgan fingerprint density at radius 3 is 2.41 bits per heavy atom. The monoisotopic (exact) mass is 410 g/mol. The van der Waals surface area contributed by atoms with Crippen LogP contribution in [0.4, 0.5) is 5.69 Å². The van der Waals surface area contributed by atoms with Crippen LogP contribution in [0.5, 0.6) is 5.75 Å². The lowest BCUT2D eigenvalue weighted by Gasteiger charge is -2.13. The summed E-state index contributed by atoms with van der Waals surface area (Å²) < 4.78 is 33.4. The van der Waals surface area contributed by atoms with Crippen LogP contribution < -0.4 is 14.8 Å². The maximum atomic E-state index is 12.8. The first-order chi connectivity index (χ1) is 13.9. The number of hydrogen-bond acceptors (Lipinski definition) is 4. The Kier molecular flexibility index (Phi) is 6.31. The molecule has 0 unspecified atom stereocenters.